The number of nitrogens with zero attached hydrogens (tertiary/aromatic N) is 1. The molecule has 27 heavy (non-hydrogen) atoms. The lowest BCUT2D eigenvalue weighted by Gasteiger charge is -2.35. The molecule has 0 saturated carbocycles. The Kier molecular flexibility index (Phi) is 6.88. The number of ether oxygens (including phenoxy) is 1. The van der Waals surface area contributed by atoms with Gasteiger partial charge in [0.25, 0.3) is 5.91 Å². The number of rotatable bonds is 7. The standard InChI is InChI=1S/C23H30N2O2/c1-18-13-19(2)15-21(14-18)27-17-23(26)24-16-22(20-9-5-3-6-10-20)25-11-7-4-8-12-25/h3,5-6,9-10,13-15,22H,4,7-8,11-12,16-17H2,1-2H3,(H,24,26). The molecule has 0 radical (unpaired) electrons. The molecule has 1 heterocycles. The quantitative estimate of drug-likeness (QED) is 0.804. The van der Waals surface area contributed by atoms with Crippen LogP contribution in [0.4, 0.5) is 0 Å². The highest BCUT2D eigenvalue weighted by Crippen LogP contribution is 2.24. The summed E-state index contributed by atoms with van der Waals surface area (Å²) in [5.41, 5.74) is 3.54. The third-order valence-electron chi connectivity index (χ3n) is 5.07. The number of nitrogens with one attached hydrogen (secondary N) is 1. The first-order chi connectivity index (χ1) is 13.1. The average molecular weight is 367 g/mol. The number of hydrogen-bond donors (Lipinski definition) is 1. The zero-order valence-electron chi connectivity index (χ0n) is 16.4. The number of hydrogen-bond acceptors (Lipinski definition) is 3. The summed E-state index contributed by atoms with van der Waals surface area (Å²) in [5, 5.41) is 3.07. The van der Waals surface area contributed by atoms with Gasteiger partial charge in [0.15, 0.2) is 6.61 Å². The van der Waals surface area contributed by atoms with Crippen molar-refractivity contribution >= 4 is 5.91 Å². The summed E-state index contributed by atoms with van der Waals surface area (Å²) in [6, 6.07) is 16.7. The molecule has 1 atom stereocenters. The number of piperidine rings is 1. The number of likely N-dealkylation sites (tertiary alicyclic amines) is 1. The molecule has 1 fully saturated rings. The highest BCUT2D eigenvalue weighted by Gasteiger charge is 2.22. The van der Waals surface area contributed by atoms with Gasteiger partial charge in [-0.1, -0.05) is 42.8 Å². The van der Waals surface area contributed by atoms with Gasteiger partial charge in [-0.05, 0) is 68.6 Å². The Morgan fingerprint density at radius 3 is 2.37 bits per heavy atom. The monoisotopic (exact) mass is 366 g/mol. The molecule has 1 saturated heterocycles. The van der Waals surface area contributed by atoms with E-state index in [4.69, 9.17) is 4.74 Å². The van der Waals surface area contributed by atoms with Gasteiger partial charge in [-0.25, -0.2) is 0 Å². The summed E-state index contributed by atoms with van der Waals surface area (Å²) < 4.78 is 5.69. The van der Waals surface area contributed by atoms with Crippen molar-refractivity contribution < 1.29 is 9.53 Å². The summed E-state index contributed by atoms with van der Waals surface area (Å²) in [6.45, 7) is 6.90. The predicted octanol–water partition coefficient (Wildman–Crippen LogP) is 4.03. The first-order valence-electron chi connectivity index (χ1n) is 9.88. The Morgan fingerprint density at radius 1 is 1.04 bits per heavy atom. The minimum atomic E-state index is -0.0768. The van der Waals surface area contributed by atoms with E-state index in [1.807, 2.05) is 32.0 Å². The van der Waals surface area contributed by atoms with Gasteiger partial charge in [-0.2, -0.15) is 0 Å². The second kappa shape index (κ2) is 9.56. The third kappa shape index (κ3) is 5.83. The lowest BCUT2D eigenvalue weighted by Crippen LogP contribution is -2.41. The summed E-state index contributed by atoms with van der Waals surface area (Å²) in [7, 11) is 0. The molecular weight excluding hydrogens is 336 g/mol. The number of aryl methyl sites for hydroxylation is 2. The average Bonchev–Trinajstić information content (AvgIpc) is 2.67. The minimum absolute atomic E-state index is 0.0460. The smallest absolute Gasteiger partial charge is 0.258 e. The van der Waals surface area contributed by atoms with Crippen molar-refractivity contribution in [3.8, 4) is 5.75 Å². The van der Waals surface area contributed by atoms with Crippen LogP contribution in [0.5, 0.6) is 5.75 Å². The van der Waals surface area contributed by atoms with Crippen LogP contribution >= 0.6 is 0 Å². The Bertz CT molecular complexity index is 719. The lowest BCUT2D eigenvalue weighted by atomic mass is 10.0. The maximum absolute atomic E-state index is 12.4. The predicted molar refractivity (Wildman–Crippen MR) is 109 cm³/mol. The van der Waals surface area contributed by atoms with Crippen molar-refractivity contribution in [2.45, 2.75) is 39.2 Å². The van der Waals surface area contributed by atoms with E-state index >= 15 is 0 Å². The van der Waals surface area contributed by atoms with Crippen LogP contribution in [0.25, 0.3) is 0 Å². The van der Waals surface area contributed by atoms with Crippen molar-refractivity contribution in [2.75, 3.05) is 26.2 Å². The molecule has 144 valence electrons. The van der Waals surface area contributed by atoms with Crippen LogP contribution in [0, 0.1) is 13.8 Å². The fourth-order valence-electron chi connectivity index (χ4n) is 3.79. The Balaban J connectivity index is 1.56. The van der Waals surface area contributed by atoms with Crippen LogP contribution in [0.3, 0.4) is 0 Å². The Hall–Kier alpha value is -2.33. The molecule has 2 aromatic rings. The molecular formula is C23H30N2O2. The molecule has 0 aliphatic carbocycles. The summed E-state index contributed by atoms with van der Waals surface area (Å²) in [5.74, 6) is 0.672. The van der Waals surface area contributed by atoms with E-state index in [9.17, 15) is 4.79 Å². The highest BCUT2D eigenvalue weighted by molar-refractivity contribution is 5.77. The minimum Gasteiger partial charge on any atom is -0.484 e. The van der Waals surface area contributed by atoms with Crippen molar-refractivity contribution in [3.63, 3.8) is 0 Å². The van der Waals surface area contributed by atoms with Crippen molar-refractivity contribution in [2.24, 2.45) is 0 Å². The topological polar surface area (TPSA) is 41.6 Å². The van der Waals surface area contributed by atoms with E-state index < -0.39 is 0 Å². The maximum Gasteiger partial charge on any atom is 0.258 e. The number of benzene rings is 2. The van der Waals surface area contributed by atoms with Crippen LogP contribution in [0.1, 0.15) is 42.0 Å². The Morgan fingerprint density at radius 2 is 1.70 bits per heavy atom. The van der Waals surface area contributed by atoms with Crippen LogP contribution in [-0.4, -0.2) is 37.0 Å². The molecule has 1 aliphatic heterocycles. The van der Waals surface area contributed by atoms with E-state index in [2.05, 4.69) is 40.5 Å². The molecule has 1 unspecified atom stereocenters. The normalized spacial score (nSPS) is 15.9. The van der Waals surface area contributed by atoms with Gasteiger partial charge < -0.3 is 10.1 Å². The summed E-state index contributed by atoms with van der Waals surface area (Å²) in [6.07, 6.45) is 3.76. The van der Waals surface area contributed by atoms with E-state index in [0.717, 1.165) is 30.0 Å². The number of carbonyl (C=O) groups is 1. The van der Waals surface area contributed by atoms with Gasteiger partial charge >= 0.3 is 0 Å². The largest absolute Gasteiger partial charge is 0.484 e. The molecule has 1 aliphatic rings. The van der Waals surface area contributed by atoms with Crippen LogP contribution in [0.2, 0.25) is 0 Å². The number of carbonyl (C=O) groups excluding carboxylic acids is 1. The van der Waals surface area contributed by atoms with Gasteiger partial charge in [-0.3, -0.25) is 9.69 Å². The van der Waals surface area contributed by atoms with Crippen molar-refractivity contribution in [1.29, 1.82) is 0 Å². The van der Waals surface area contributed by atoms with E-state index in [0.29, 0.717) is 6.54 Å². The molecule has 0 spiro atoms. The van der Waals surface area contributed by atoms with Crippen LogP contribution in [0.15, 0.2) is 48.5 Å². The van der Waals surface area contributed by atoms with Gasteiger partial charge in [0, 0.05) is 6.54 Å². The van der Waals surface area contributed by atoms with Gasteiger partial charge in [0.2, 0.25) is 0 Å². The van der Waals surface area contributed by atoms with E-state index in [-0.39, 0.29) is 18.6 Å². The van der Waals surface area contributed by atoms with Crippen molar-refractivity contribution in [1.82, 2.24) is 10.2 Å². The van der Waals surface area contributed by atoms with E-state index in [1.54, 1.807) is 0 Å². The Labute approximate surface area is 162 Å². The summed E-state index contributed by atoms with van der Waals surface area (Å²) >= 11 is 0. The number of amides is 1. The van der Waals surface area contributed by atoms with E-state index in [1.165, 1.54) is 24.8 Å². The SMILES string of the molecule is Cc1cc(C)cc(OCC(=O)NCC(c2ccccc2)N2CCCCC2)c1. The lowest BCUT2D eigenvalue weighted by molar-refractivity contribution is -0.123. The van der Waals surface area contributed by atoms with Crippen molar-refractivity contribution in [3.05, 3.63) is 65.2 Å². The molecule has 0 bridgehead atoms. The first kappa shape index (κ1) is 19.4. The zero-order valence-corrected chi connectivity index (χ0v) is 16.4. The fourth-order valence-corrected chi connectivity index (χ4v) is 3.79. The maximum atomic E-state index is 12.4. The first-order valence-corrected chi connectivity index (χ1v) is 9.88. The van der Waals surface area contributed by atoms with Crippen LogP contribution < -0.4 is 10.1 Å². The van der Waals surface area contributed by atoms with Gasteiger partial charge in [0.05, 0.1) is 6.04 Å². The molecule has 2 aromatic carbocycles. The third-order valence-corrected chi connectivity index (χ3v) is 5.07. The van der Waals surface area contributed by atoms with Gasteiger partial charge in [-0.15, -0.1) is 0 Å². The molecule has 0 aromatic heterocycles. The molecule has 4 heteroatoms. The fraction of sp³-hybridized carbons (Fsp3) is 0.435. The second-order valence-corrected chi connectivity index (χ2v) is 7.44. The van der Waals surface area contributed by atoms with Gasteiger partial charge in [0.1, 0.15) is 5.75 Å². The zero-order chi connectivity index (χ0) is 19.1. The van der Waals surface area contributed by atoms with Crippen LogP contribution in [-0.2, 0) is 4.79 Å². The highest BCUT2D eigenvalue weighted by atomic mass is 16.5. The molecule has 3 rings (SSSR count). The molecule has 1 N–H and O–H groups in total. The second-order valence-electron chi connectivity index (χ2n) is 7.44. The molecule has 4 nitrogen and oxygen atoms in total. The molecule has 1 amide bonds. The summed E-state index contributed by atoms with van der Waals surface area (Å²) in [4.78, 5) is 14.8.